The van der Waals surface area contributed by atoms with Gasteiger partial charge in [-0.25, -0.2) is 8.78 Å². The van der Waals surface area contributed by atoms with Gasteiger partial charge in [0.25, 0.3) is 0 Å². The maximum atomic E-state index is 13.3. The van der Waals surface area contributed by atoms with Gasteiger partial charge in [0.1, 0.15) is 5.82 Å². The summed E-state index contributed by atoms with van der Waals surface area (Å²) in [6, 6.07) is 2.09. The van der Waals surface area contributed by atoms with Crippen molar-refractivity contribution in [1.29, 1.82) is 0 Å². The quantitative estimate of drug-likeness (QED) is 0.807. The average molecular weight is 213 g/mol. The molecule has 1 aromatic rings. The third-order valence-corrected chi connectivity index (χ3v) is 2.93. The number of aromatic hydroxyl groups is 1. The Kier molecular flexibility index (Phi) is 2.38. The van der Waals surface area contributed by atoms with Gasteiger partial charge in [-0.05, 0) is 37.8 Å². The van der Waals surface area contributed by atoms with E-state index < -0.39 is 17.4 Å². The summed E-state index contributed by atoms with van der Waals surface area (Å²) in [6.07, 6.45) is 2.62. The fourth-order valence-electron chi connectivity index (χ4n) is 1.60. The number of benzene rings is 1. The molecule has 0 atom stereocenters. The standard InChI is InChI=1S/C11H13F2NO/c12-8-1-2-9(15)10(13)7(8)3-4-11(14)5-6-11/h1-2,15H,3-6,14H2. The van der Waals surface area contributed by atoms with Gasteiger partial charge in [-0.3, -0.25) is 0 Å². The highest BCUT2D eigenvalue weighted by atomic mass is 19.1. The van der Waals surface area contributed by atoms with Crippen LogP contribution in [-0.4, -0.2) is 10.6 Å². The van der Waals surface area contributed by atoms with Crippen LogP contribution in [0.4, 0.5) is 8.78 Å². The highest BCUT2D eigenvalue weighted by Gasteiger charge is 2.37. The smallest absolute Gasteiger partial charge is 0.170 e. The molecule has 0 bridgehead atoms. The van der Waals surface area contributed by atoms with E-state index in [-0.39, 0.29) is 17.5 Å². The maximum absolute atomic E-state index is 13.3. The van der Waals surface area contributed by atoms with Crippen molar-refractivity contribution in [3.05, 3.63) is 29.3 Å². The van der Waals surface area contributed by atoms with Gasteiger partial charge in [-0.15, -0.1) is 0 Å². The third-order valence-electron chi connectivity index (χ3n) is 2.93. The number of rotatable bonds is 3. The van der Waals surface area contributed by atoms with E-state index in [1.54, 1.807) is 0 Å². The maximum Gasteiger partial charge on any atom is 0.170 e. The molecule has 1 aliphatic carbocycles. The fraction of sp³-hybridized carbons (Fsp3) is 0.455. The van der Waals surface area contributed by atoms with Crippen LogP contribution < -0.4 is 5.73 Å². The first-order chi connectivity index (χ1) is 7.02. The average Bonchev–Trinajstić information content (AvgIpc) is 2.91. The molecular formula is C11H13F2NO. The van der Waals surface area contributed by atoms with Crippen LogP contribution in [-0.2, 0) is 6.42 Å². The van der Waals surface area contributed by atoms with Crippen LogP contribution in [0, 0.1) is 11.6 Å². The molecule has 4 heteroatoms. The second-order valence-electron chi connectivity index (χ2n) is 4.22. The first-order valence-corrected chi connectivity index (χ1v) is 4.97. The molecule has 0 aliphatic heterocycles. The van der Waals surface area contributed by atoms with Gasteiger partial charge in [-0.1, -0.05) is 0 Å². The first kappa shape index (κ1) is 10.4. The normalized spacial score (nSPS) is 17.8. The lowest BCUT2D eigenvalue weighted by Crippen LogP contribution is -2.22. The molecule has 82 valence electrons. The molecule has 0 amide bonds. The molecule has 2 rings (SSSR count). The Morgan fingerprint density at radius 2 is 2.00 bits per heavy atom. The highest BCUT2D eigenvalue weighted by molar-refractivity contribution is 5.31. The Balaban J connectivity index is 2.16. The topological polar surface area (TPSA) is 46.2 Å². The van der Waals surface area contributed by atoms with Crippen LogP contribution in [0.5, 0.6) is 5.75 Å². The summed E-state index contributed by atoms with van der Waals surface area (Å²) in [6.45, 7) is 0. The molecule has 15 heavy (non-hydrogen) atoms. The van der Waals surface area contributed by atoms with Gasteiger partial charge in [0.2, 0.25) is 0 Å². The molecule has 0 unspecified atom stereocenters. The first-order valence-electron chi connectivity index (χ1n) is 4.97. The molecule has 1 saturated carbocycles. The van der Waals surface area contributed by atoms with E-state index in [0.29, 0.717) is 6.42 Å². The van der Waals surface area contributed by atoms with Gasteiger partial charge >= 0.3 is 0 Å². The van der Waals surface area contributed by atoms with Gasteiger partial charge < -0.3 is 10.8 Å². The second-order valence-corrected chi connectivity index (χ2v) is 4.22. The van der Waals surface area contributed by atoms with Gasteiger partial charge in [-0.2, -0.15) is 0 Å². The third kappa shape index (κ3) is 2.09. The number of phenols is 1. The largest absolute Gasteiger partial charge is 0.505 e. The van der Waals surface area contributed by atoms with Crippen molar-refractivity contribution in [1.82, 2.24) is 0 Å². The molecule has 0 saturated heterocycles. The molecule has 0 heterocycles. The number of phenolic OH excluding ortho intramolecular Hbond substituents is 1. The fourth-order valence-corrected chi connectivity index (χ4v) is 1.60. The zero-order valence-electron chi connectivity index (χ0n) is 8.26. The lowest BCUT2D eigenvalue weighted by atomic mass is 10.0. The zero-order valence-corrected chi connectivity index (χ0v) is 8.26. The SMILES string of the molecule is NC1(CCc2c(F)ccc(O)c2F)CC1. The Morgan fingerprint density at radius 1 is 1.33 bits per heavy atom. The summed E-state index contributed by atoms with van der Waals surface area (Å²) in [7, 11) is 0. The van der Waals surface area contributed by atoms with E-state index in [4.69, 9.17) is 10.8 Å². The van der Waals surface area contributed by atoms with E-state index in [9.17, 15) is 8.78 Å². The van der Waals surface area contributed by atoms with Crippen molar-refractivity contribution < 1.29 is 13.9 Å². The minimum Gasteiger partial charge on any atom is -0.505 e. The predicted octanol–water partition coefficient (Wildman–Crippen LogP) is 2.09. The number of hydrogen-bond donors (Lipinski definition) is 2. The monoisotopic (exact) mass is 213 g/mol. The minimum atomic E-state index is -0.862. The summed E-state index contributed by atoms with van der Waals surface area (Å²) >= 11 is 0. The molecular weight excluding hydrogens is 200 g/mol. The molecule has 2 nitrogen and oxygen atoms in total. The Bertz CT molecular complexity index is 388. The van der Waals surface area contributed by atoms with E-state index in [1.165, 1.54) is 0 Å². The van der Waals surface area contributed by atoms with Crippen LogP contribution in [0.1, 0.15) is 24.8 Å². The van der Waals surface area contributed by atoms with Crippen LogP contribution in [0.15, 0.2) is 12.1 Å². The van der Waals surface area contributed by atoms with E-state index in [1.807, 2.05) is 0 Å². The summed E-state index contributed by atoms with van der Waals surface area (Å²) in [5, 5.41) is 9.10. The van der Waals surface area contributed by atoms with Crippen LogP contribution in [0.2, 0.25) is 0 Å². The molecule has 1 aromatic carbocycles. The Hall–Kier alpha value is -1.16. The summed E-state index contributed by atoms with van der Waals surface area (Å²) in [4.78, 5) is 0. The van der Waals surface area contributed by atoms with Crippen LogP contribution >= 0.6 is 0 Å². The lowest BCUT2D eigenvalue weighted by Gasteiger charge is -2.10. The van der Waals surface area contributed by atoms with Crippen molar-refractivity contribution in [2.45, 2.75) is 31.2 Å². The number of nitrogens with two attached hydrogens (primary N) is 1. The van der Waals surface area contributed by atoms with Crippen LogP contribution in [0.25, 0.3) is 0 Å². The second kappa shape index (κ2) is 3.45. The van der Waals surface area contributed by atoms with Gasteiger partial charge in [0.05, 0.1) is 0 Å². The summed E-state index contributed by atoms with van der Waals surface area (Å²) < 4.78 is 26.6. The lowest BCUT2D eigenvalue weighted by molar-refractivity contribution is 0.419. The van der Waals surface area contributed by atoms with Crippen molar-refractivity contribution >= 4 is 0 Å². The minimum absolute atomic E-state index is 0.0632. The van der Waals surface area contributed by atoms with E-state index >= 15 is 0 Å². The molecule has 0 radical (unpaired) electrons. The number of hydrogen-bond acceptors (Lipinski definition) is 2. The van der Waals surface area contributed by atoms with Crippen molar-refractivity contribution in [3.63, 3.8) is 0 Å². The van der Waals surface area contributed by atoms with Crippen molar-refractivity contribution in [2.24, 2.45) is 5.73 Å². The zero-order chi connectivity index (χ0) is 11.1. The van der Waals surface area contributed by atoms with E-state index in [0.717, 1.165) is 25.0 Å². The van der Waals surface area contributed by atoms with Crippen molar-refractivity contribution in [2.75, 3.05) is 0 Å². The summed E-state index contributed by atoms with van der Waals surface area (Å²) in [5.41, 5.74) is 5.53. The van der Waals surface area contributed by atoms with Gasteiger partial charge in [0.15, 0.2) is 11.6 Å². The summed E-state index contributed by atoms with van der Waals surface area (Å²) in [5.74, 6) is -1.98. The van der Waals surface area contributed by atoms with Crippen molar-refractivity contribution in [3.8, 4) is 5.75 Å². The molecule has 3 N–H and O–H groups in total. The van der Waals surface area contributed by atoms with Gasteiger partial charge in [0, 0.05) is 11.1 Å². The van der Waals surface area contributed by atoms with E-state index in [2.05, 4.69) is 0 Å². The Morgan fingerprint density at radius 3 is 2.60 bits per heavy atom. The van der Waals surface area contributed by atoms with Crippen LogP contribution in [0.3, 0.4) is 0 Å². The Labute approximate surface area is 86.7 Å². The molecule has 0 spiro atoms. The predicted molar refractivity (Wildman–Crippen MR) is 52.5 cm³/mol. The number of halogens is 2. The highest BCUT2D eigenvalue weighted by Crippen LogP contribution is 2.37. The molecule has 1 fully saturated rings. The molecule has 0 aromatic heterocycles. The molecule has 1 aliphatic rings.